The molecule has 0 amide bonds. The van der Waals surface area contributed by atoms with Crippen molar-refractivity contribution in [2.75, 3.05) is 0 Å². The Kier molecular flexibility index (Phi) is 6.42. The number of carbonyl (C=O) groups is 2. The molecule has 0 unspecified atom stereocenters. The van der Waals surface area contributed by atoms with Crippen LogP contribution in [0.15, 0.2) is 39.2 Å². The van der Waals surface area contributed by atoms with Crippen molar-refractivity contribution in [3.8, 4) is 6.07 Å². The summed E-state index contributed by atoms with van der Waals surface area (Å²) in [5, 5.41) is 24.4. The number of thiazole rings is 1. The smallest absolute Gasteiger partial charge is 0.259 e. The van der Waals surface area contributed by atoms with Gasteiger partial charge in [0.15, 0.2) is 16.6 Å². The second-order valence-electron chi connectivity index (χ2n) is 15.9. The van der Waals surface area contributed by atoms with Crippen LogP contribution in [0, 0.1) is 50.2 Å². The van der Waals surface area contributed by atoms with Gasteiger partial charge in [0.1, 0.15) is 11.7 Å². The van der Waals surface area contributed by atoms with Crippen molar-refractivity contribution in [3.05, 3.63) is 34.2 Å². The minimum atomic E-state index is -3.88. The summed E-state index contributed by atoms with van der Waals surface area (Å²) in [4.78, 5) is 31.9. The van der Waals surface area contributed by atoms with Crippen LogP contribution >= 0.6 is 11.3 Å². The molecule has 1 aromatic rings. The summed E-state index contributed by atoms with van der Waals surface area (Å²) < 4.78 is 29.5. The van der Waals surface area contributed by atoms with E-state index >= 15 is 0 Å². The van der Waals surface area contributed by atoms with Crippen molar-refractivity contribution in [1.82, 2.24) is 9.71 Å². The third kappa shape index (κ3) is 3.77. The Morgan fingerprint density at radius 1 is 1.02 bits per heavy atom. The minimum absolute atomic E-state index is 0.0169. The molecule has 3 saturated carbocycles. The van der Waals surface area contributed by atoms with Crippen molar-refractivity contribution in [3.63, 3.8) is 0 Å². The number of sulfonamides is 1. The zero-order chi connectivity index (χ0) is 31.6. The number of hydrogen-bond donors (Lipinski definition) is 2. The maximum atomic E-state index is 14.6. The Morgan fingerprint density at radius 2 is 1.70 bits per heavy atom. The van der Waals surface area contributed by atoms with Crippen LogP contribution in [0.1, 0.15) is 93.4 Å². The van der Waals surface area contributed by atoms with Gasteiger partial charge < -0.3 is 5.11 Å². The fraction of sp³-hybridized carbons (Fsp3) is 0.697. The van der Waals surface area contributed by atoms with Crippen molar-refractivity contribution >= 4 is 32.9 Å². The van der Waals surface area contributed by atoms with Crippen molar-refractivity contribution < 1.29 is 23.1 Å². The SMILES string of the molecule is CC1(C)C(=O)C(C#N)=C[C@]2(C)C3=CC(=O)[C@]4(O)[C@@H]5C[C@@](C)(NS(=O)(=O)c6cscn6)CC[C@@]5(C)CC[C@@]4(C)[C@]3(C)CC[C@@H]12. The van der Waals surface area contributed by atoms with E-state index in [1.54, 1.807) is 12.2 Å². The van der Waals surface area contributed by atoms with Crippen molar-refractivity contribution in [2.24, 2.45) is 38.9 Å². The molecule has 0 aromatic carbocycles. The molecular weight excluding hydrogens is 583 g/mol. The number of fused-ring (bicyclic) bond motifs is 7. The van der Waals surface area contributed by atoms with Gasteiger partial charge in [-0.2, -0.15) is 5.26 Å². The van der Waals surface area contributed by atoms with Gasteiger partial charge in [0, 0.05) is 33.1 Å². The molecule has 6 rings (SSSR count). The predicted molar refractivity (Wildman–Crippen MR) is 163 cm³/mol. The van der Waals surface area contributed by atoms with E-state index in [1.807, 2.05) is 20.8 Å². The van der Waals surface area contributed by atoms with Crippen LogP contribution in [0.2, 0.25) is 0 Å². The highest BCUT2D eigenvalue weighted by Gasteiger charge is 2.75. The molecule has 0 aliphatic heterocycles. The maximum absolute atomic E-state index is 14.6. The first kappa shape index (κ1) is 30.8. The first-order valence-electron chi connectivity index (χ1n) is 15.3. The summed E-state index contributed by atoms with van der Waals surface area (Å²) in [6.07, 6.45) is 7.93. The number of nitrogens with one attached hydrogen (secondary N) is 1. The van der Waals surface area contributed by atoms with Crippen LogP contribution in [0.4, 0.5) is 0 Å². The summed E-state index contributed by atoms with van der Waals surface area (Å²) in [6, 6.07) is 2.13. The highest BCUT2D eigenvalue weighted by atomic mass is 32.2. The molecule has 5 aliphatic rings. The van der Waals surface area contributed by atoms with E-state index in [-0.39, 0.29) is 33.5 Å². The number of ketones is 2. The molecule has 0 radical (unpaired) electrons. The molecule has 232 valence electrons. The number of nitrogens with zero attached hydrogens (tertiary/aromatic N) is 2. The topological polar surface area (TPSA) is 137 Å². The van der Waals surface area contributed by atoms with Gasteiger partial charge in [0.25, 0.3) is 10.0 Å². The molecule has 3 fully saturated rings. The number of aliphatic hydroxyl groups is 1. The van der Waals surface area contributed by atoms with E-state index in [0.29, 0.717) is 32.1 Å². The van der Waals surface area contributed by atoms with Gasteiger partial charge in [-0.15, -0.1) is 11.3 Å². The van der Waals surface area contributed by atoms with E-state index < -0.39 is 48.7 Å². The summed E-state index contributed by atoms with van der Waals surface area (Å²) >= 11 is 1.22. The number of allylic oxidation sites excluding steroid dienone is 3. The largest absolute Gasteiger partial charge is 0.381 e. The van der Waals surface area contributed by atoms with Crippen LogP contribution in [0.25, 0.3) is 0 Å². The fourth-order valence-electron chi connectivity index (χ4n) is 10.6. The van der Waals surface area contributed by atoms with Crippen LogP contribution in [-0.4, -0.2) is 41.2 Å². The van der Waals surface area contributed by atoms with E-state index in [2.05, 4.69) is 43.5 Å². The molecule has 5 aliphatic carbocycles. The molecule has 8 atom stereocenters. The summed E-state index contributed by atoms with van der Waals surface area (Å²) in [5.41, 5.74) is -3.26. The van der Waals surface area contributed by atoms with Crippen molar-refractivity contribution in [1.29, 1.82) is 5.26 Å². The molecule has 8 nitrogen and oxygen atoms in total. The first-order chi connectivity index (χ1) is 19.7. The Bertz CT molecular complexity index is 1640. The average Bonchev–Trinajstić information content (AvgIpc) is 3.47. The minimum Gasteiger partial charge on any atom is -0.381 e. The highest BCUT2D eigenvalue weighted by molar-refractivity contribution is 7.89. The average molecular weight is 626 g/mol. The second kappa shape index (κ2) is 8.96. The molecule has 0 bridgehead atoms. The number of nitriles is 1. The molecule has 10 heteroatoms. The van der Waals surface area contributed by atoms with Gasteiger partial charge in [-0.1, -0.05) is 47.6 Å². The van der Waals surface area contributed by atoms with Crippen LogP contribution in [-0.2, 0) is 19.6 Å². The quantitative estimate of drug-likeness (QED) is 0.452. The van der Waals surface area contributed by atoms with E-state index in [0.717, 1.165) is 18.4 Å². The summed E-state index contributed by atoms with van der Waals surface area (Å²) in [6.45, 7) is 14.1. The molecule has 43 heavy (non-hydrogen) atoms. The lowest BCUT2D eigenvalue weighted by atomic mass is 9.33. The molecule has 0 saturated heterocycles. The van der Waals surface area contributed by atoms with E-state index in [1.165, 1.54) is 22.2 Å². The molecule has 1 aromatic heterocycles. The van der Waals surface area contributed by atoms with Crippen LogP contribution < -0.4 is 4.72 Å². The summed E-state index contributed by atoms with van der Waals surface area (Å²) in [5.74, 6) is -1.05. The fourth-order valence-corrected chi connectivity index (χ4v) is 12.8. The zero-order valence-corrected chi connectivity index (χ0v) is 27.8. The monoisotopic (exact) mass is 625 g/mol. The predicted octanol–water partition coefficient (Wildman–Crippen LogP) is 5.51. The maximum Gasteiger partial charge on any atom is 0.259 e. The van der Waals surface area contributed by atoms with Crippen LogP contribution in [0.3, 0.4) is 0 Å². The first-order valence-corrected chi connectivity index (χ1v) is 17.8. The number of Topliss-reactive ketones (excluding diaryl/α,β-unsaturated/α-hetero) is 1. The van der Waals surface area contributed by atoms with Crippen LogP contribution in [0.5, 0.6) is 0 Å². The Hall–Kier alpha value is -2.19. The Morgan fingerprint density at radius 3 is 2.33 bits per heavy atom. The molecular formula is C33H43N3O5S2. The van der Waals surface area contributed by atoms with Gasteiger partial charge >= 0.3 is 0 Å². The number of aromatic nitrogens is 1. The van der Waals surface area contributed by atoms with Gasteiger partial charge in [-0.05, 0) is 80.3 Å². The van der Waals surface area contributed by atoms with Gasteiger partial charge in [0.05, 0.1) is 11.1 Å². The number of carbonyl (C=O) groups excluding carboxylic acids is 2. The third-order valence-electron chi connectivity index (χ3n) is 13.3. The lowest BCUT2D eigenvalue weighted by Gasteiger charge is -2.71. The lowest BCUT2D eigenvalue weighted by Crippen LogP contribution is -2.74. The summed E-state index contributed by atoms with van der Waals surface area (Å²) in [7, 11) is -3.88. The van der Waals surface area contributed by atoms with Gasteiger partial charge in [-0.25, -0.2) is 18.1 Å². The normalized spacial score (nSPS) is 45.5. The van der Waals surface area contributed by atoms with Gasteiger partial charge in [-0.3, -0.25) is 9.59 Å². The standard InChI is InChI=1S/C33H43N3O5S2/c1-27(2)21-8-9-31(6)22(30(21,5)15-20(17-34)26(27)38)14-24(37)33(39)23-16-29(4,36-43(40,41)25-18-42-19-35-25)12-10-28(23,3)11-13-32(31,33)7/h14-15,18-19,21,23,36,39H,8-13,16H2,1-7H3/t21-,23+,28-,29-,30-,31+,32-,33+/m0/s1. The highest BCUT2D eigenvalue weighted by Crippen LogP contribution is 2.75. The Labute approximate surface area is 259 Å². The van der Waals surface area contributed by atoms with Crippen molar-refractivity contribution in [2.45, 2.75) is 110 Å². The third-order valence-corrected chi connectivity index (χ3v) is 15.6. The lowest BCUT2D eigenvalue weighted by molar-refractivity contribution is -0.239. The molecule has 0 spiro atoms. The van der Waals surface area contributed by atoms with E-state index in [9.17, 15) is 28.4 Å². The second-order valence-corrected chi connectivity index (χ2v) is 18.2. The Balaban J connectivity index is 1.47. The van der Waals surface area contributed by atoms with E-state index in [4.69, 9.17) is 0 Å². The zero-order valence-electron chi connectivity index (χ0n) is 26.2. The number of rotatable bonds is 3. The molecule has 2 N–H and O–H groups in total. The number of hydrogen-bond acceptors (Lipinski definition) is 8. The molecule has 1 heterocycles. The van der Waals surface area contributed by atoms with Gasteiger partial charge in [0.2, 0.25) is 0 Å².